The molecule has 2 aliphatic heterocycles. The van der Waals surface area contributed by atoms with Gasteiger partial charge in [-0.15, -0.1) is 4.40 Å². The Bertz CT molecular complexity index is 1110. The summed E-state index contributed by atoms with van der Waals surface area (Å²) in [5, 5.41) is 0. The van der Waals surface area contributed by atoms with E-state index >= 15 is 0 Å². The van der Waals surface area contributed by atoms with Crippen LogP contribution in [0.15, 0.2) is 45.7 Å². The number of sulfonamides is 1. The van der Waals surface area contributed by atoms with Gasteiger partial charge < -0.3 is 9.64 Å². The molecule has 0 N–H and O–H groups in total. The Kier molecular flexibility index (Phi) is 5.17. The minimum atomic E-state index is -3.83. The summed E-state index contributed by atoms with van der Waals surface area (Å²) in [7, 11) is -3.83. The molecule has 1 saturated heterocycles. The second kappa shape index (κ2) is 7.63. The van der Waals surface area contributed by atoms with Crippen molar-refractivity contribution in [2.75, 3.05) is 11.4 Å². The molecule has 0 aromatic heterocycles. The third kappa shape index (κ3) is 3.92. The maximum Gasteiger partial charge on any atom is 0.338 e. The second-order valence-corrected chi connectivity index (χ2v) is 9.21. The molecule has 0 atom stereocenters. The highest BCUT2D eigenvalue weighted by molar-refractivity contribution is 7.90. The van der Waals surface area contributed by atoms with Gasteiger partial charge in [0.25, 0.3) is 10.0 Å². The number of carbonyl (C=O) groups is 1. The van der Waals surface area contributed by atoms with Crippen LogP contribution in [0.3, 0.4) is 0 Å². The summed E-state index contributed by atoms with van der Waals surface area (Å²) in [6, 6.07) is 10.7. The molecule has 0 saturated carbocycles. The van der Waals surface area contributed by atoms with E-state index in [9.17, 15) is 13.2 Å². The quantitative estimate of drug-likeness (QED) is 0.708. The molecule has 0 amide bonds. The van der Waals surface area contributed by atoms with Crippen molar-refractivity contribution in [3.8, 4) is 0 Å². The Balaban J connectivity index is 1.60. The van der Waals surface area contributed by atoms with E-state index in [1.807, 2.05) is 36.9 Å². The van der Waals surface area contributed by atoms with Gasteiger partial charge in [0.2, 0.25) is 0 Å². The molecule has 152 valence electrons. The largest absolute Gasteiger partial charge is 0.457 e. The molecule has 2 aliphatic rings. The Morgan fingerprint density at radius 2 is 1.93 bits per heavy atom. The molecule has 2 heterocycles. The minimum absolute atomic E-state index is 0.0735. The van der Waals surface area contributed by atoms with Gasteiger partial charge >= 0.3 is 5.97 Å². The van der Waals surface area contributed by atoms with Crippen molar-refractivity contribution in [3.63, 3.8) is 0 Å². The number of hydrogen-bond donors (Lipinski definition) is 0. The van der Waals surface area contributed by atoms with Crippen molar-refractivity contribution in [3.05, 3.63) is 58.7 Å². The fourth-order valence-corrected chi connectivity index (χ4v) is 5.07. The van der Waals surface area contributed by atoms with Crippen molar-refractivity contribution in [1.29, 1.82) is 0 Å². The number of rotatable bonds is 3. The Hall–Kier alpha value is -2.67. The average molecular weight is 413 g/mol. The van der Waals surface area contributed by atoms with Crippen LogP contribution in [-0.2, 0) is 21.4 Å². The fraction of sp³-hybridized carbons (Fsp3) is 0.364. The zero-order valence-corrected chi connectivity index (χ0v) is 17.5. The van der Waals surface area contributed by atoms with Crippen LogP contribution in [0.25, 0.3) is 0 Å². The van der Waals surface area contributed by atoms with Gasteiger partial charge in [-0.1, -0.05) is 30.2 Å². The van der Waals surface area contributed by atoms with Gasteiger partial charge in [0.15, 0.2) is 0 Å². The number of ether oxygens (including phenoxy) is 1. The molecule has 2 aromatic carbocycles. The molecule has 7 heteroatoms. The predicted octanol–water partition coefficient (Wildman–Crippen LogP) is 4.14. The lowest BCUT2D eigenvalue weighted by Gasteiger charge is -2.29. The maximum atomic E-state index is 12.7. The van der Waals surface area contributed by atoms with Gasteiger partial charge in [-0.2, -0.15) is 8.42 Å². The van der Waals surface area contributed by atoms with E-state index in [1.165, 1.54) is 6.07 Å². The summed E-state index contributed by atoms with van der Waals surface area (Å²) in [5.41, 5.74) is 3.88. The van der Waals surface area contributed by atoms with Gasteiger partial charge in [0.05, 0.1) is 11.3 Å². The minimum Gasteiger partial charge on any atom is -0.457 e. The molecular formula is C22H24N2O4S. The number of fused-ring (bicyclic) bond motifs is 3. The fourth-order valence-electron chi connectivity index (χ4n) is 3.79. The summed E-state index contributed by atoms with van der Waals surface area (Å²) in [6.07, 6.45) is 3.62. The van der Waals surface area contributed by atoms with E-state index in [4.69, 9.17) is 4.74 Å². The van der Waals surface area contributed by atoms with Gasteiger partial charge in [-0.05, 0) is 56.0 Å². The number of carbonyl (C=O) groups excluding carboxylic acids is 1. The highest BCUT2D eigenvalue weighted by Crippen LogP contribution is 2.35. The van der Waals surface area contributed by atoms with E-state index in [0.717, 1.165) is 42.5 Å². The van der Waals surface area contributed by atoms with Crippen molar-refractivity contribution >= 4 is 27.5 Å². The molecule has 29 heavy (non-hydrogen) atoms. The molecule has 6 nitrogen and oxygen atoms in total. The molecule has 0 radical (unpaired) electrons. The van der Waals surface area contributed by atoms with Crippen LogP contribution >= 0.6 is 0 Å². The van der Waals surface area contributed by atoms with Crippen LogP contribution in [0.2, 0.25) is 0 Å². The van der Waals surface area contributed by atoms with Gasteiger partial charge in [-0.25, -0.2) is 4.79 Å². The smallest absolute Gasteiger partial charge is 0.338 e. The van der Waals surface area contributed by atoms with E-state index in [2.05, 4.69) is 4.40 Å². The first-order valence-electron chi connectivity index (χ1n) is 9.84. The number of nitrogens with zero attached hydrogens (tertiary/aromatic N) is 2. The van der Waals surface area contributed by atoms with Crippen LogP contribution in [0, 0.1) is 13.8 Å². The van der Waals surface area contributed by atoms with Crippen LogP contribution in [0.4, 0.5) is 5.69 Å². The predicted molar refractivity (Wildman–Crippen MR) is 112 cm³/mol. The van der Waals surface area contributed by atoms with Gasteiger partial charge in [0, 0.05) is 13.0 Å². The first-order valence-corrected chi connectivity index (χ1v) is 11.3. The number of esters is 1. The number of anilines is 1. The number of amidine groups is 1. The Morgan fingerprint density at radius 1 is 1.10 bits per heavy atom. The lowest BCUT2D eigenvalue weighted by atomic mass is 10.1. The zero-order chi connectivity index (χ0) is 20.6. The normalized spacial score (nSPS) is 17.6. The van der Waals surface area contributed by atoms with E-state index in [-0.39, 0.29) is 17.1 Å². The topological polar surface area (TPSA) is 76.0 Å². The lowest BCUT2D eigenvalue weighted by Crippen LogP contribution is -2.35. The summed E-state index contributed by atoms with van der Waals surface area (Å²) in [6.45, 7) is 4.82. The van der Waals surface area contributed by atoms with Gasteiger partial charge in [0.1, 0.15) is 17.3 Å². The number of hydrogen-bond acceptors (Lipinski definition) is 5. The summed E-state index contributed by atoms with van der Waals surface area (Å²) < 4.78 is 34.9. The van der Waals surface area contributed by atoms with E-state index < -0.39 is 16.0 Å². The Morgan fingerprint density at radius 3 is 2.76 bits per heavy atom. The van der Waals surface area contributed by atoms with Crippen molar-refractivity contribution in [1.82, 2.24) is 0 Å². The van der Waals surface area contributed by atoms with Crippen molar-refractivity contribution < 1.29 is 17.9 Å². The van der Waals surface area contributed by atoms with Crippen LogP contribution in [-0.4, -0.2) is 26.8 Å². The zero-order valence-electron chi connectivity index (χ0n) is 16.6. The maximum absolute atomic E-state index is 12.7. The SMILES string of the molecule is Cc1ccc(C)c(COC(=O)c2ccc3c(c2)S(=O)(=O)N=C2CCCCCN23)c1. The summed E-state index contributed by atoms with van der Waals surface area (Å²) in [5.74, 6) is 0.0507. The molecule has 4 rings (SSSR count). The summed E-state index contributed by atoms with van der Waals surface area (Å²) in [4.78, 5) is 14.6. The molecule has 0 spiro atoms. The monoisotopic (exact) mass is 412 g/mol. The average Bonchev–Trinajstić information content (AvgIpc) is 2.93. The molecule has 1 fully saturated rings. The molecular weight excluding hydrogens is 388 g/mol. The molecule has 0 unspecified atom stereocenters. The standard InChI is InChI=1S/C22H24N2O4S/c1-15-7-8-16(2)18(12-15)14-28-22(25)17-9-10-19-20(13-17)29(26,27)23-21-6-4-3-5-11-24(19)21/h7-10,12-13H,3-6,11,14H2,1-2H3. The number of benzene rings is 2. The highest BCUT2D eigenvalue weighted by Gasteiger charge is 2.32. The lowest BCUT2D eigenvalue weighted by molar-refractivity contribution is 0.0472. The first-order chi connectivity index (χ1) is 13.8. The highest BCUT2D eigenvalue weighted by atomic mass is 32.2. The van der Waals surface area contributed by atoms with Crippen LogP contribution in [0.1, 0.15) is 52.7 Å². The first kappa shape index (κ1) is 19.6. The van der Waals surface area contributed by atoms with Crippen LogP contribution in [0.5, 0.6) is 0 Å². The molecule has 0 aliphatic carbocycles. The third-order valence-corrected chi connectivity index (χ3v) is 6.78. The van der Waals surface area contributed by atoms with Crippen molar-refractivity contribution in [2.45, 2.75) is 51.0 Å². The molecule has 2 aromatic rings. The summed E-state index contributed by atoms with van der Waals surface area (Å²) >= 11 is 0. The van der Waals surface area contributed by atoms with E-state index in [1.54, 1.807) is 12.1 Å². The van der Waals surface area contributed by atoms with E-state index in [0.29, 0.717) is 17.9 Å². The Labute approximate surface area is 171 Å². The second-order valence-electron chi connectivity index (χ2n) is 7.63. The third-order valence-electron chi connectivity index (χ3n) is 5.45. The van der Waals surface area contributed by atoms with Gasteiger partial charge in [-0.3, -0.25) is 0 Å². The molecule has 0 bridgehead atoms. The van der Waals surface area contributed by atoms with Crippen molar-refractivity contribution in [2.24, 2.45) is 4.40 Å². The van der Waals surface area contributed by atoms with Crippen LogP contribution < -0.4 is 4.90 Å². The number of aryl methyl sites for hydroxylation is 2.